The Hall–Kier alpha value is -2.85. The lowest BCUT2D eigenvalue weighted by atomic mass is 9.44. The molecule has 246 valence electrons. The molecular formula is C35H44Cl2N6O3. The van der Waals surface area contributed by atoms with Crippen molar-refractivity contribution >= 4 is 51.7 Å². The molecule has 0 spiro atoms. The minimum Gasteiger partial charge on any atom is -0.378 e. The molecule has 0 amide bonds. The van der Waals surface area contributed by atoms with E-state index in [1.54, 1.807) is 10.6 Å². The van der Waals surface area contributed by atoms with Gasteiger partial charge >= 0.3 is 0 Å². The van der Waals surface area contributed by atoms with Crippen molar-refractivity contribution in [3.8, 4) is 0 Å². The summed E-state index contributed by atoms with van der Waals surface area (Å²) in [6.07, 6.45) is 2.89. The predicted molar refractivity (Wildman–Crippen MR) is 185 cm³/mol. The fraction of sp³-hybridized carbons (Fsp3) is 0.571. The molecule has 11 heteroatoms. The highest BCUT2D eigenvalue weighted by Gasteiger charge is 2.57. The van der Waals surface area contributed by atoms with Crippen molar-refractivity contribution < 1.29 is 9.47 Å². The summed E-state index contributed by atoms with van der Waals surface area (Å²) in [7, 11) is 0. The first-order chi connectivity index (χ1) is 22.1. The van der Waals surface area contributed by atoms with Crippen LogP contribution in [0.2, 0.25) is 10.0 Å². The van der Waals surface area contributed by atoms with E-state index in [-0.39, 0.29) is 11.6 Å². The number of nitrogens with zero attached hydrogens (tertiary/aromatic N) is 5. The number of morpholine rings is 2. The summed E-state index contributed by atoms with van der Waals surface area (Å²) in [6, 6.07) is 11.6. The van der Waals surface area contributed by atoms with Crippen LogP contribution in [0.1, 0.15) is 39.2 Å². The molecule has 2 bridgehead atoms. The molecule has 3 saturated carbocycles. The van der Waals surface area contributed by atoms with Gasteiger partial charge in [-0.1, -0.05) is 50.0 Å². The lowest BCUT2D eigenvalue weighted by Crippen LogP contribution is -2.63. The number of rotatable bonds is 6. The molecule has 3 heterocycles. The Labute approximate surface area is 280 Å². The number of aryl methyl sites for hydroxylation is 1. The highest BCUT2D eigenvalue weighted by Crippen LogP contribution is 2.62. The largest absolute Gasteiger partial charge is 0.378 e. The second-order valence-electron chi connectivity index (χ2n) is 14.0. The zero-order valence-corrected chi connectivity index (χ0v) is 28.5. The maximum Gasteiger partial charge on any atom is 0.262 e. The third-order valence-electron chi connectivity index (χ3n) is 11.3. The number of aromatic nitrogens is 2. The summed E-state index contributed by atoms with van der Waals surface area (Å²) in [5.41, 5.74) is 2.76. The molecule has 0 radical (unpaired) electrons. The Morgan fingerprint density at radius 1 is 1.02 bits per heavy atom. The maximum absolute atomic E-state index is 14.2. The summed E-state index contributed by atoms with van der Waals surface area (Å²) in [4.78, 5) is 25.9. The first-order valence-electron chi connectivity index (χ1n) is 16.6. The monoisotopic (exact) mass is 666 g/mol. The number of hydrogen-bond acceptors (Lipinski definition) is 6. The Morgan fingerprint density at radius 2 is 1.74 bits per heavy atom. The molecule has 2 aromatic carbocycles. The van der Waals surface area contributed by atoms with Crippen LogP contribution < -0.4 is 15.4 Å². The minimum atomic E-state index is -0.0769. The van der Waals surface area contributed by atoms with Gasteiger partial charge in [0.25, 0.3) is 5.56 Å². The SMILES string of the molecule is C[C@H]1[C@H](N(C(=N)N2CCOCC2)c2ccc3c(=O)n(CCc4ccc(Cl)cc4Cl)c(N4CCOCC4)nc3c2)C[C@H]2C[C@@H]1C2(C)C. The number of halogens is 2. The van der Waals surface area contributed by atoms with Crippen LogP contribution >= 0.6 is 23.2 Å². The van der Waals surface area contributed by atoms with Crippen LogP contribution in [0, 0.1) is 28.6 Å². The first-order valence-corrected chi connectivity index (χ1v) is 17.4. The van der Waals surface area contributed by atoms with Gasteiger partial charge in [0, 0.05) is 54.5 Å². The Kier molecular flexibility index (Phi) is 8.72. The zero-order chi connectivity index (χ0) is 32.2. The van der Waals surface area contributed by atoms with E-state index in [2.05, 4.69) is 35.5 Å². The molecule has 3 aliphatic carbocycles. The normalized spacial score (nSPS) is 25.8. The number of guanidine groups is 1. The molecule has 5 aliphatic rings. The van der Waals surface area contributed by atoms with Gasteiger partial charge in [-0.25, -0.2) is 4.98 Å². The minimum absolute atomic E-state index is 0.0769. The van der Waals surface area contributed by atoms with Crippen molar-refractivity contribution in [1.82, 2.24) is 14.5 Å². The molecule has 9 nitrogen and oxygen atoms in total. The third kappa shape index (κ3) is 5.67. The number of fused-ring (bicyclic) bond motifs is 3. The fourth-order valence-electron chi connectivity index (χ4n) is 8.37. The van der Waals surface area contributed by atoms with Crippen molar-refractivity contribution in [2.75, 3.05) is 62.4 Å². The van der Waals surface area contributed by atoms with Crippen molar-refractivity contribution in [3.63, 3.8) is 0 Å². The third-order valence-corrected chi connectivity index (χ3v) is 11.9. The van der Waals surface area contributed by atoms with Crippen molar-refractivity contribution in [3.05, 3.63) is 62.4 Å². The lowest BCUT2D eigenvalue weighted by molar-refractivity contribution is -0.108. The van der Waals surface area contributed by atoms with E-state index < -0.39 is 0 Å². The van der Waals surface area contributed by atoms with Gasteiger partial charge in [-0.15, -0.1) is 0 Å². The van der Waals surface area contributed by atoms with Crippen LogP contribution in [0.25, 0.3) is 10.9 Å². The molecule has 4 atom stereocenters. The van der Waals surface area contributed by atoms with Crippen LogP contribution in [0.3, 0.4) is 0 Å². The lowest BCUT2D eigenvalue weighted by Gasteiger charge is -2.63. The Bertz CT molecular complexity index is 1680. The molecule has 1 aromatic heterocycles. The predicted octanol–water partition coefficient (Wildman–Crippen LogP) is 5.93. The van der Waals surface area contributed by atoms with Crippen molar-refractivity contribution in [2.24, 2.45) is 23.2 Å². The molecule has 2 saturated heterocycles. The first kappa shape index (κ1) is 31.7. The summed E-state index contributed by atoms with van der Waals surface area (Å²) in [5, 5.41) is 11.3. The molecule has 0 unspecified atom stereocenters. The van der Waals surface area contributed by atoms with Crippen LogP contribution in [0.15, 0.2) is 41.2 Å². The number of ether oxygens (including phenoxy) is 2. The smallest absolute Gasteiger partial charge is 0.262 e. The van der Waals surface area contributed by atoms with Crippen molar-refractivity contribution in [1.29, 1.82) is 5.41 Å². The second-order valence-corrected chi connectivity index (χ2v) is 14.8. The molecule has 2 aliphatic heterocycles. The molecule has 3 aromatic rings. The highest BCUT2D eigenvalue weighted by molar-refractivity contribution is 6.35. The van der Waals surface area contributed by atoms with E-state index in [1.807, 2.05) is 30.3 Å². The van der Waals surface area contributed by atoms with Gasteiger partial charge in [0.2, 0.25) is 5.95 Å². The number of benzene rings is 2. The van der Waals surface area contributed by atoms with Gasteiger partial charge in [0.05, 0.1) is 37.3 Å². The van der Waals surface area contributed by atoms with Gasteiger partial charge in [-0.2, -0.15) is 0 Å². The molecule has 8 rings (SSSR count). The second kappa shape index (κ2) is 12.6. The van der Waals surface area contributed by atoms with E-state index in [1.165, 1.54) is 6.42 Å². The van der Waals surface area contributed by atoms with E-state index >= 15 is 0 Å². The van der Waals surface area contributed by atoms with Gasteiger partial charge in [0.15, 0.2) is 5.96 Å². The Morgan fingerprint density at radius 3 is 2.41 bits per heavy atom. The number of anilines is 2. The summed E-state index contributed by atoms with van der Waals surface area (Å²) in [6.45, 7) is 12.8. The zero-order valence-electron chi connectivity index (χ0n) is 27.0. The number of hydrogen-bond donors (Lipinski definition) is 1. The number of nitrogens with one attached hydrogen (secondary N) is 1. The molecule has 5 fully saturated rings. The van der Waals surface area contributed by atoms with Gasteiger partial charge in [0.1, 0.15) is 0 Å². The fourth-order valence-corrected chi connectivity index (χ4v) is 8.88. The quantitative estimate of drug-likeness (QED) is 0.258. The van der Waals surface area contributed by atoms with E-state index in [0.29, 0.717) is 122 Å². The summed E-state index contributed by atoms with van der Waals surface area (Å²) < 4.78 is 13.1. The summed E-state index contributed by atoms with van der Waals surface area (Å²) >= 11 is 12.6. The molecule has 46 heavy (non-hydrogen) atoms. The molecule has 1 N–H and O–H groups in total. The van der Waals surface area contributed by atoms with Gasteiger partial charge < -0.3 is 24.2 Å². The van der Waals surface area contributed by atoms with Gasteiger partial charge in [-0.3, -0.25) is 14.8 Å². The highest BCUT2D eigenvalue weighted by atomic mass is 35.5. The van der Waals surface area contributed by atoms with E-state index in [9.17, 15) is 10.2 Å². The average molecular weight is 668 g/mol. The van der Waals surface area contributed by atoms with Crippen LogP contribution in [-0.4, -0.2) is 79.1 Å². The van der Waals surface area contributed by atoms with Crippen molar-refractivity contribution in [2.45, 2.75) is 52.6 Å². The van der Waals surface area contributed by atoms with Crippen LogP contribution in [-0.2, 0) is 22.4 Å². The topological polar surface area (TPSA) is 86.9 Å². The van der Waals surface area contributed by atoms with E-state index in [0.717, 1.165) is 17.7 Å². The molecular weight excluding hydrogens is 623 g/mol. The summed E-state index contributed by atoms with van der Waals surface area (Å²) in [5.74, 6) is 2.87. The van der Waals surface area contributed by atoms with E-state index in [4.69, 9.17) is 37.7 Å². The standard InChI is InChI=1S/C35H44Cl2N6O3/c1-22-28-18-24(35(28,2)3)19-31(22)43(33(38)40-10-14-45-15-11-40)26-6-7-27-30(21-26)39-34(41-12-16-46-17-13-41)42(32(27)44)9-8-23-4-5-25(36)20-29(23)37/h4-7,20-22,24,28,31,38H,8-19H2,1-3H3/t22-,24-,28+,31-/m1/s1. The average Bonchev–Trinajstić information content (AvgIpc) is 3.06. The van der Waals surface area contributed by atoms with Crippen LogP contribution in [0.5, 0.6) is 0 Å². The van der Waals surface area contributed by atoms with Gasteiger partial charge in [-0.05, 0) is 78.3 Å². The Balaban J connectivity index is 1.28. The maximum atomic E-state index is 14.2. The van der Waals surface area contributed by atoms with Crippen LogP contribution in [0.4, 0.5) is 11.6 Å².